The maximum Gasteiger partial charge on any atom is 0.270 e. The van der Waals surface area contributed by atoms with Gasteiger partial charge in [0, 0.05) is 36.5 Å². The molecule has 2 N–H and O–H groups in total. The second-order valence-corrected chi connectivity index (χ2v) is 5.46. The first-order valence-corrected chi connectivity index (χ1v) is 6.77. The molecule has 3 rings (SSSR count). The number of aliphatic hydroxyl groups excluding tert-OH is 1. The van der Waals surface area contributed by atoms with Gasteiger partial charge in [-0.25, -0.2) is 4.39 Å². The van der Waals surface area contributed by atoms with E-state index in [1.54, 1.807) is 11.0 Å². The van der Waals surface area contributed by atoms with E-state index in [1.165, 1.54) is 12.1 Å². The second-order valence-electron chi connectivity index (χ2n) is 5.46. The lowest BCUT2D eigenvalue weighted by Crippen LogP contribution is -2.29. The topological polar surface area (TPSA) is 56.3 Å². The summed E-state index contributed by atoms with van der Waals surface area (Å²) in [7, 11) is 0. The number of nitrogens with one attached hydrogen (secondary N) is 1. The number of amides is 1. The summed E-state index contributed by atoms with van der Waals surface area (Å²) in [5, 5.41) is 10.00. The normalized spacial score (nSPS) is 18.9. The van der Waals surface area contributed by atoms with Gasteiger partial charge in [-0.3, -0.25) is 4.79 Å². The highest BCUT2D eigenvalue weighted by Crippen LogP contribution is 2.23. The zero-order valence-electron chi connectivity index (χ0n) is 11.3. The summed E-state index contributed by atoms with van der Waals surface area (Å²) in [6.07, 6.45) is 0.829. The molecule has 1 unspecified atom stereocenters. The van der Waals surface area contributed by atoms with Crippen molar-refractivity contribution in [3.8, 4) is 0 Å². The highest BCUT2D eigenvalue weighted by molar-refractivity contribution is 5.99. The molecule has 0 bridgehead atoms. The van der Waals surface area contributed by atoms with E-state index in [2.05, 4.69) is 4.98 Å². The number of hydrogen-bond acceptors (Lipinski definition) is 2. The van der Waals surface area contributed by atoms with Gasteiger partial charge in [-0.05, 0) is 37.1 Å². The Morgan fingerprint density at radius 3 is 3.00 bits per heavy atom. The average molecular weight is 276 g/mol. The molecule has 1 aliphatic heterocycles. The van der Waals surface area contributed by atoms with Crippen molar-refractivity contribution in [1.29, 1.82) is 0 Å². The van der Waals surface area contributed by atoms with Crippen molar-refractivity contribution >= 4 is 16.8 Å². The van der Waals surface area contributed by atoms with E-state index in [4.69, 9.17) is 5.11 Å². The van der Waals surface area contributed by atoms with Gasteiger partial charge in [0.15, 0.2) is 0 Å². The molecular weight excluding hydrogens is 259 g/mol. The summed E-state index contributed by atoms with van der Waals surface area (Å²) in [4.78, 5) is 17.1. The Morgan fingerprint density at radius 1 is 1.50 bits per heavy atom. The maximum absolute atomic E-state index is 13.4. The number of aromatic nitrogens is 1. The van der Waals surface area contributed by atoms with Crippen molar-refractivity contribution in [3.05, 3.63) is 35.3 Å². The van der Waals surface area contributed by atoms with Crippen LogP contribution in [-0.4, -0.2) is 40.6 Å². The van der Waals surface area contributed by atoms with Gasteiger partial charge in [0.1, 0.15) is 11.5 Å². The average Bonchev–Trinajstić information content (AvgIpc) is 3.03. The van der Waals surface area contributed by atoms with Crippen LogP contribution in [0.4, 0.5) is 4.39 Å². The molecule has 0 saturated carbocycles. The van der Waals surface area contributed by atoms with Crippen LogP contribution in [0, 0.1) is 18.7 Å². The monoisotopic (exact) mass is 276 g/mol. The molecule has 1 aromatic heterocycles. The van der Waals surface area contributed by atoms with Crippen molar-refractivity contribution in [1.82, 2.24) is 9.88 Å². The molecule has 2 heterocycles. The molecule has 0 aliphatic carbocycles. The lowest BCUT2D eigenvalue weighted by Gasteiger charge is -2.14. The number of H-pyrrole nitrogens is 1. The Morgan fingerprint density at radius 2 is 2.30 bits per heavy atom. The van der Waals surface area contributed by atoms with Gasteiger partial charge in [-0.15, -0.1) is 0 Å². The number of nitrogens with zero attached hydrogens (tertiary/aromatic N) is 1. The fraction of sp³-hybridized carbons (Fsp3) is 0.400. The molecule has 4 nitrogen and oxygen atoms in total. The van der Waals surface area contributed by atoms with Crippen LogP contribution < -0.4 is 0 Å². The number of halogens is 1. The van der Waals surface area contributed by atoms with Crippen molar-refractivity contribution in [2.24, 2.45) is 5.92 Å². The fourth-order valence-corrected chi connectivity index (χ4v) is 2.83. The minimum absolute atomic E-state index is 0.0861. The molecule has 106 valence electrons. The van der Waals surface area contributed by atoms with Crippen LogP contribution >= 0.6 is 0 Å². The van der Waals surface area contributed by atoms with Crippen LogP contribution in [0.2, 0.25) is 0 Å². The van der Waals surface area contributed by atoms with Crippen molar-refractivity contribution in [3.63, 3.8) is 0 Å². The largest absolute Gasteiger partial charge is 0.396 e. The molecule has 1 atom stereocenters. The van der Waals surface area contributed by atoms with Crippen LogP contribution in [0.25, 0.3) is 10.9 Å². The Balaban J connectivity index is 1.91. The number of aromatic amines is 1. The standard InChI is InChI=1S/C15H17FN2O2/c1-9-4-11(16)5-13-12(9)6-14(17-13)15(20)18-3-2-10(7-18)8-19/h4-6,10,17,19H,2-3,7-8H2,1H3. The molecule has 1 fully saturated rings. The summed E-state index contributed by atoms with van der Waals surface area (Å²) in [6.45, 7) is 3.18. The number of aliphatic hydroxyl groups is 1. The molecule has 2 aromatic rings. The first kappa shape index (κ1) is 13.1. The van der Waals surface area contributed by atoms with Gasteiger partial charge in [-0.1, -0.05) is 0 Å². The molecule has 0 spiro atoms. The number of aryl methyl sites for hydroxylation is 1. The molecule has 5 heteroatoms. The van der Waals surface area contributed by atoms with E-state index in [1.807, 2.05) is 6.92 Å². The third-order valence-corrected chi connectivity index (χ3v) is 3.97. The number of carbonyl (C=O) groups excluding carboxylic acids is 1. The van der Waals surface area contributed by atoms with Gasteiger partial charge in [0.2, 0.25) is 0 Å². The van der Waals surface area contributed by atoms with Crippen molar-refractivity contribution in [2.75, 3.05) is 19.7 Å². The molecule has 1 amide bonds. The van der Waals surface area contributed by atoms with Crippen LogP contribution in [0.1, 0.15) is 22.5 Å². The van der Waals surface area contributed by atoms with E-state index in [9.17, 15) is 9.18 Å². The predicted octanol–water partition coefficient (Wildman–Crippen LogP) is 2.07. The Bertz CT molecular complexity index is 665. The van der Waals surface area contributed by atoms with Gasteiger partial charge in [0.25, 0.3) is 5.91 Å². The van der Waals surface area contributed by atoms with E-state index in [0.717, 1.165) is 17.4 Å². The number of rotatable bonds is 2. The lowest BCUT2D eigenvalue weighted by atomic mass is 10.1. The molecular formula is C15H17FN2O2. The minimum Gasteiger partial charge on any atom is -0.396 e. The number of benzene rings is 1. The SMILES string of the molecule is Cc1cc(F)cc2[nH]c(C(=O)N3CCC(CO)C3)cc12. The van der Waals surface area contributed by atoms with E-state index >= 15 is 0 Å². The van der Waals surface area contributed by atoms with Crippen LogP contribution in [0.5, 0.6) is 0 Å². The lowest BCUT2D eigenvalue weighted by molar-refractivity contribution is 0.0777. The van der Waals surface area contributed by atoms with E-state index in [0.29, 0.717) is 24.3 Å². The number of hydrogen-bond donors (Lipinski definition) is 2. The quantitative estimate of drug-likeness (QED) is 0.882. The van der Waals surface area contributed by atoms with Crippen LogP contribution in [0.3, 0.4) is 0 Å². The summed E-state index contributed by atoms with van der Waals surface area (Å²) in [5.74, 6) is -0.225. The minimum atomic E-state index is -0.308. The Kier molecular flexibility index (Phi) is 3.22. The van der Waals surface area contributed by atoms with Crippen molar-refractivity contribution in [2.45, 2.75) is 13.3 Å². The first-order valence-electron chi connectivity index (χ1n) is 6.77. The van der Waals surface area contributed by atoms with Gasteiger partial charge in [0.05, 0.1) is 0 Å². The van der Waals surface area contributed by atoms with E-state index < -0.39 is 0 Å². The number of carbonyl (C=O) groups is 1. The second kappa shape index (κ2) is 4.90. The smallest absolute Gasteiger partial charge is 0.270 e. The zero-order chi connectivity index (χ0) is 14.3. The highest BCUT2D eigenvalue weighted by Gasteiger charge is 2.27. The Labute approximate surface area is 116 Å². The van der Waals surface area contributed by atoms with Crippen LogP contribution in [0.15, 0.2) is 18.2 Å². The van der Waals surface area contributed by atoms with Crippen LogP contribution in [-0.2, 0) is 0 Å². The zero-order valence-corrected chi connectivity index (χ0v) is 11.3. The maximum atomic E-state index is 13.4. The molecule has 1 aromatic carbocycles. The summed E-state index contributed by atoms with van der Waals surface area (Å²) in [6, 6.07) is 4.64. The summed E-state index contributed by atoms with van der Waals surface area (Å²) < 4.78 is 13.4. The number of fused-ring (bicyclic) bond motifs is 1. The third-order valence-electron chi connectivity index (χ3n) is 3.97. The predicted molar refractivity (Wildman–Crippen MR) is 74.1 cm³/mol. The van der Waals surface area contributed by atoms with Gasteiger partial charge in [-0.2, -0.15) is 0 Å². The molecule has 0 radical (unpaired) electrons. The molecule has 1 aliphatic rings. The summed E-state index contributed by atoms with van der Waals surface area (Å²) >= 11 is 0. The Hall–Kier alpha value is -1.88. The first-order chi connectivity index (χ1) is 9.58. The van der Waals surface area contributed by atoms with E-state index in [-0.39, 0.29) is 24.2 Å². The highest BCUT2D eigenvalue weighted by atomic mass is 19.1. The van der Waals surface area contributed by atoms with Gasteiger partial charge < -0.3 is 15.0 Å². The number of likely N-dealkylation sites (tertiary alicyclic amines) is 1. The molecule has 20 heavy (non-hydrogen) atoms. The van der Waals surface area contributed by atoms with Gasteiger partial charge >= 0.3 is 0 Å². The third kappa shape index (κ3) is 2.18. The fourth-order valence-electron chi connectivity index (χ4n) is 2.83. The van der Waals surface area contributed by atoms with Crippen molar-refractivity contribution < 1.29 is 14.3 Å². The summed E-state index contributed by atoms with van der Waals surface area (Å²) in [5.41, 5.74) is 1.93. The molecule has 1 saturated heterocycles.